The van der Waals surface area contributed by atoms with Crippen molar-refractivity contribution in [3.63, 3.8) is 0 Å². The first-order chi connectivity index (χ1) is 8.76. The van der Waals surface area contributed by atoms with Crippen molar-refractivity contribution in [1.29, 1.82) is 0 Å². The van der Waals surface area contributed by atoms with Gasteiger partial charge in [-0.1, -0.05) is 24.3 Å². The second-order valence-corrected chi connectivity index (χ2v) is 3.83. The molecular weight excluding hydrogens is 228 g/mol. The molecule has 0 unspecified atom stereocenters. The van der Waals surface area contributed by atoms with Crippen LogP contribution in [-0.4, -0.2) is 23.0 Å². The number of hydrogen-bond donors (Lipinski definition) is 2. The Kier molecular flexibility index (Phi) is 3.69. The maximum Gasteiger partial charge on any atom is 0.253 e. The number of carbonyl (C=O) groups is 1. The van der Waals surface area contributed by atoms with Crippen LogP contribution in [0.25, 0.3) is 11.3 Å². The Bertz CT molecular complexity index is 550. The van der Waals surface area contributed by atoms with Gasteiger partial charge in [0.05, 0.1) is 17.9 Å². The van der Waals surface area contributed by atoms with Crippen LogP contribution in [0.1, 0.15) is 15.9 Å². The molecule has 2 aromatic rings. The zero-order valence-electron chi connectivity index (χ0n) is 10.1. The van der Waals surface area contributed by atoms with Gasteiger partial charge in [-0.2, -0.15) is 0 Å². The first-order valence-corrected chi connectivity index (χ1v) is 5.63. The Balaban J connectivity index is 2.46. The number of aromatic nitrogens is 1. The second kappa shape index (κ2) is 5.42. The maximum absolute atomic E-state index is 11.7. The highest BCUT2D eigenvalue weighted by molar-refractivity contribution is 5.99. The monoisotopic (exact) mass is 242 g/mol. The molecule has 0 aliphatic carbocycles. The predicted molar refractivity (Wildman–Crippen MR) is 69.0 cm³/mol. The highest BCUT2D eigenvalue weighted by Gasteiger charge is 2.11. The van der Waals surface area contributed by atoms with Gasteiger partial charge in [0.25, 0.3) is 5.91 Å². The van der Waals surface area contributed by atoms with E-state index >= 15 is 0 Å². The summed E-state index contributed by atoms with van der Waals surface area (Å²) in [7, 11) is 1.59. The van der Waals surface area contributed by atoms with Gasteiger partial charge in [0, 0.05) is 18.8 Å². The molecule has 1 aromatic carbocycles. The fraction of sp³-hybridized carbons (Fsp3) is 0.143. The summed E-state index contributed by atoms with van der Waals surface area (Å²) in [6, 6.07) is 10.8. The fourth-order valence-corrected chi connectivity index (χ4v) is 1.72. The van der Waals surface area contributed by atoms with Gasteiger partial charge in [-0.3, -0.25) is 9.78 Å². The number of aliphatic hydroxyl groups is 1. The molecule has 92 valence electrons. The molecule has 1 heterocycles. The lowest BCUT2D eigenvalue weighted by Gasteiger charge is -2.07. The molecule has 0 radical (unpaired) electrons. The van der Waals surface area contributed by atoms with E-state index in [0.717, 1.165) is 11.1 Å². The molecule has 0 saturated heterocycles. The third-order valence-corrected chi connectivity index (χ3v) is 2.69. The van der Waals surface area contributed by atoms with E-state index in [1.807, 2.05) is 24.3 Å². The lowest BCUT2D eigenvalue weighted by atomic mass is 10.0. The average Bonchev–Trinajstić information content (AvgIpc) is 2.46. The first-order valence-electron chi connectivity index (χ1n) is 5.63. The van der Waals surface area contributed by atoms with E-state index in [2.05, 4.69) is 10.3 Å². The molecule has 0 saturated carbocycles. The number of nitrogens with one attached hydrogen (secondary N) is 1. The van der Waals surface area contributed by atoms with Crippen molar-refractivity contribution in [2.45, 2.75) is 6.61 Å². The lowest BCUT2D eigenvalue weighted by Crippen LogP contribution is -2.19. The highest BCUT2D eigenvalue weighted by Crippen LogP contribution is 2.21. The summed E-state index contributed by atoms with van der Waals surface area (Å²) in [4.78, 5) is 16.0. The van der Waals surface area contributed by atoms with E-state index in [1.165, 1.54) is 0 Å². The molecule has 1 aromatic heterocycles. The van der Waals surface area contributed by atoms with Gasteiger partial charge in [0.2, 0.25) is 0 Å². The molecule has 0 aliphatic rings. The largest absolute Gasteiger partial charge is 0.392 e. The molecule has 4 nitrogen and oxygen atoms in total. The van der Waals surface area contributed by atoms with Crippen LogP contribution in [0.4, 0.5) is 0 Å². The lowest BCUT2D eigenvalue weighted by molar-refractivity contribution is 0.0963. The summed E-state index contributed by atoms with van der Waals surface area (Å²) in [6.07, 6.45) is 1.65. The van der Waals surface area contributed by atoms with E-state index in [0.29, 0.717) is 11.3 Å². The molecule has 0 fully saturated rings. The van der Waals surface area contributed by atoms with Gasteiger partial charge in [-0.05, 0) is 17.7 Å². The third kappa shape index (κ3) is 2.38. The number of nitrogens with zero attached hydrogens (tertiary/aromatic N) is 1. The van der Waals surface area contributed by atoms with E-state index in [9.17, 15) is 4.79 Å². The van der Waals surface area contributed by atoms with Gasteiger partial charge in [-0.25, -0.2) is 0 Å². The van der Waals surface area contributed by atoms with Crippen molar-refractivity contribution >= 4 is 5.91 Å². The summed E-state index contributed by atoms with van der Waals surface area (Å²) in [5.74, 6) is -0.163. The van der Waals surface area contributed by atoms with Crippen LogP contribution in [0.15, 0.2) is 42.6 Å². The minimum Gasteiger partial charge on any atom is -0.392 e. The van der Waals surface area contributed by atoms with Gasteiger partial charge in [0.15, 0.2) is 0 Å². The summed E-state index contributed by atoms with van der Waals surface area (Å²) >= 11 is 0. The molecule has 4 heteroatoms. The molecule has 2 N–H and O–H groups in total. The SMILES string of the molecule is CNC(=O)c1cccnc1-c1ccc(CO)cc1. The van der Waals surface area contributed by atoms with E-state index in [4.69, 9.17) is 5.11 Å². The van der Waals surface area contributed by atoms with E-state index in [1.54, 1.807) is 25.4 Å². The standard InChI is InChI=1S/C14H14N2O2/c1-15-14(18)12-3-2-8-16-13(12)11-6-4-10(9-17)5-7-11/h2-8,17H,9H2,1H3,(H,15,18). The number of benzene rings is 1. The summed E-state index contributed by atoms with van der Waals surface area (Å²) < 4.78 is 0. The number of pyridine rings is 1. The van der Waals surface area contributed by atoms with Crippen LogP contribution in [0.3, 0.4) is 0 Å². The molecule has 1 amide bonds. The van der Waals surface area contributed by atoms with Gasteiger partial charge < -0.3 is 10.4 Å². The van der Waals surface area contributed by atoms with Crippen LogP contribution < -0.4 is 5.32 Å². The normalized spacial score (nSPS) is 10.1. The minimum absolute atomic E-state index is 0.00476. The minimum atomic E-state index is -0.163. The summed E-state index contributed by atoms with van der Waals surface area (Å²) in [5, 5.41) is 11.6. The number of carbonyl (C=O) groups excluding carboxylic acids is 1. The number of amides is 1. The molecule has 0 spiro atoms. The van der Waals surface area contributed by atoms with Crippen molar-refractivity contribution in [3.8, 4) is 11.3 Å². The van der Waals surface area contributed by atoms with Crippen molar-refractivity contribution in [1.82, 2.24) is 10.3 Å². The van der Waals surface area contributed by atoms with Gasteiger partial charge >= 0.3 is 0 Å². The Morgan fingerprint density at radius 3 is 2.61 bits per heavy atom. The van der Waals surface area contributed by atoms with Crippen LogP contribution in [0.5, 0.6) is 0 Å². The smallest absolute Gasteiger partial charge is 0.253 e. The second-order valence-electron chi connectivity index (χ2n) is 3.83. The maximum atomic E-state index is 11.7. The van der Waals surface area contributed by atoms with Gasteiger partial charge in [-0.15, -0.1) is 0 Å². The number of aliphatic hydroxyl groups excluding tert-OH is 1. The zero-order valence-corrected chi connectivity index (χ0v) is 10.1. The topological polar surface area (TPSA) is 62.2 Å². The van der Waals surface area contributed by atoms with Crippen molar-refractivity contribution in [3.05, 3.63) is 53.7 Å². The molecule has 0 aliphatic heterocycles. The van der Waals surface area contributed by atoms with Crippen molar-refractivity contribution in [2.24, 2.45) is 0 Å². The Hall–Kier alpha value is -2.20. The van der Waals surface area contributed by atoms with Gasteiger partial charge in [0.1, 0.15) is 0 Å². The predicted octanol–water partition coefficient (Wildman–Crippen LogP) is 1.60. The fourth-order valence-electron chi connectivity index (χ4n) is 1.72. The molecular formula is C14H14N2O2. The van der Waals surface area contributed by atoms with Crippen LogP contribution in [0, 0.1) is 0 Å². The Morgan fingerprint density at radius 2 is 2.00 bits per heavy atom. The quantitative estimate of drug-likeness (QED) is 0.859. The van der Waals surface area contributed by atoms with E-state index < -0.39 is 0 Å². The number of hydrogen-bond acceptors (Lipinski definition) is 3. The number of rotatable bonds is 3. The van der Waals surface area contributed by atoms with E-state index in [-0.39, 0.29) is 12.5 Å². The zero-order chi connectivity index (χ0) is 13.0. The average molecular weight is 242 g/mol. The summed E-state index contributed by atoms with van der Waals surface area (Å²) in [6.45, 7) is 0.00476. The molecule has 0 atom stereocenters. The first kappa shape index (κ1) is 12.3. The van der Waals surface area contributed by atoms with Crippen molar-refractivity contribution in [2.75, 3.05) is 7.05 Å². The molecule has 2 rings (SSSR count). The highest BCUT2D eigenvalue weighted by atomic mass is 16.3. The van der Waals surface area contributed by atoms with Crippen LogP contribution >= 0.6 is 0 Å². The Labute approximate surface area is 105 Å². The molecule has 0 bridgehead atoms. The third-order valence-electron chi connectivity index (χ3n) is 2.69. The van der Waals surface area contributed by atoms with Crippen LogP contribution in [-0.2, 0) is 6.61 Å². The Morgan fingerprint density at radius 1 is 1.28 bits per heavy atom. The van der Waals surface area contributed by atoms with Crippen LogP contribution in [0.2, 0.25) is 0 Å². The van der Waals surface area contributed by atoms with Crippen molar-refractivity contribution < 1.29 is 9.90 Å². The molecule has 18 heavy (non-hydrogen) atoms. The summed E-state index contributed by atoms with van der Waals surface area (Å²) in [5.41, 5.74) is 2.86.